The van der Waals surface area contributed by atoms with Crippen molar-refractivity contribution in [2.75, 3.05) is 31.8 Å². The Morgan fingerprint density at radius 1 is 1.56 bits per heavy atom. The van der Waals surface area contributed by atoms with Gasteiger partial charge in [-0.2, -0.15) is 4.98 Å². The minimum Gasteiger partial charge on any atom is -0.384 e. The first kappa shape index (κ1) is 13.4. The van der Waals surface area contributed by atoms with Crippen LogP contribution >= 0.6 is 0 Å². The molecular weight excluding hydrogens is 258 g/mol. The minimum absolute atomic E-state index is 0.128. The van der Waals surface area contributed by atoms with E-state index in [1.165, 1.54) is 0 Å². The smallest absolute Gasteiger partial charge is 0.228 e. The highest BCUT2D eigenvalue weighted by atomic mass is 32.2. The maximum atomic E-state index is 11.5. The maximum absolute atomic E-state index is 11.5. The fourth-order valence-electron chi connectivity index (χ4n) is 1.88. The summed E-state index contributed by atoms with van der Waals surface area (Å²) in [6.45, 7) is 1.02. The van der Waals surface area contributed by atoms with Gasteiger partial charge in [-0.05, 0) is 0 Å². The van der Waals surface area contributed by atoms with Crippen molar-refractivity contribution in [3.8, 4) is 0 Å². The monoisotopic (exact) mass is 275 g/mol. The Morgan fingerprint density at radius 2 is 2.39 bits per heavy atom. The van der Waals surface area contributed by atoms with Gasteiger partial charge in [-0.3, -0.25) is 0 Å². The lowest BCUT2D eigenvalue weighted by atomic mass is 10.2. The van der Waals surface area contributed by atoms with E-state index in [1.807, 2.05) is 0 Å². The summed E-state index contributed by atoms with van der Waals surface area (Å²) >= 11 is 0. The standard InChI is InChI=1S/C10H17N3O4S/c1-16-4-2-9-12-10(17-13-9)6-8-7-18(14,15)5-3-11-8/h8,11H,2-7H2,1H3. The molecule has 0 aliphatic carbocycles. The van der Waals surface area contributed by atoms with Crippen LogP contribution in [-0.2, 0) is 27.4 Å². The second-order valence-corrected chi connectivity index (χ2v) is 6.55. The van der Waals surface area contributed by atoms with E-state index in [1.54, 1.807) is 7.11 Å². The SMILES string of the molecule is COCCc1noc(CC2CS(=O)(=O)CCN2)n1. The van der Waals surface area contributed by atoms with Crippen molar-refractivity contribution in [1.82, 2.24) is 15.5 Å². The summed E-state index contributed by atoms with van der Waals surface area (Å²) in [5, 5.41) is 6.96. The van der Waals surface area contributed by atoms with Gasteiger partial charge in [-0.1, -0.05) is 5.16 Å². The van der Waals surface area contributed by atoms with Crippen molar-refractivity contribution < 1.29 is 17.7 Å². The first-order chi connectivity index (χ1) is 8.59. The van der Waals surface area contributed by atoms with Gasteiger partial charge in [0.15, 0.2) is 15.7 Å². The molecule has 1 atom stereocenters. The van der Waals surface area contributed by atoms with Gasteiger partial charge in [-0.15, -0.1) is 0 Å². The molecule has 102 valence electrons. The Bertz CT molecular complexity index is 485. The molecule has 1 saturated heterocycles. The number of hydrogen-bond acceptors (Lipinski definition) is 7. The third-order valence-electron chi connectivity index (χ3n) is 2.76. The molecule has 1 unspecified atom stereocenters. The fraction of sp³-hybridized carbons (Fsp3) is 0.800. The molecule has 7 nitrogen and oxygen atoms in total. The number of hydrogen-bond donors (Lipinski definition) is 1. The Morgan fingerprint density at radius 3 is 3.11 bits per heavy atom. The van der Waals surface area contributed by atoms with E-state index in [0.717, 1.165) is 0 Å². The van der Waals surface area contributed by atoms with Gasteiger partial charge in [0.2, 0.25) is 5.89 Å². The van der Waals surface area contributed by atoms with Gasteiger partial charge < -0.3 is 14.6 Å². The third kappa shape index (κ3) is 3.76. The minimum atomic E-state index is -2.93. The molecule has 1 aliphatic heterocycles. The summed E-state index contributed by atoms with van der Waals surface area (Å²) < 4.78 is 32.9. The predicted octanol–water partition coefficient (Wildman–Crippen LogP) is -0.812. The summed E-state index contributed by atoms with van der Waals surface area (Å²) in [5.41, 5.74) is 0. The molecule has 18 heavy (non-hydrogen) atoms. The largest absolute Gasteiger partial charge is 0.384 e. The highest BCUT2D eigenvalue weighted by molar-refractivity contribution is 7.91. The lowest BCUT2D eigenvalue weighted by Crippen LogP contribution is -2.46. The van der Waals surface area contributed by atoms with E-state index in [4.69, 9.17) is 9.26 Å². The lowest BCUT2D eigenvalue weighted by molar-refractivity contribution is 0.199. The van der Waals surface area contributed by atoms with E-state index in [0.29, 0.717) is 37.7 Å². The molecule has 0 radical (unpaired) electrons. The van der Waals surface area contributed by atoms with Gasteiger partial charge in [0.05, 0.1) is 18.1 Å². The zero-order valence-corrected chi connectivity index (χ0v) is 11.1. The molecule has 1 aliphatic rings. The quantitative estimate of drug-likeness (QED) is 0.750. The molecule has 0 aromatic carbocycles. The lowest BCUT2D eigenvalue weighted by Gasteiger charge is -2.21. The molecule has 2 heterocycles. The van der Waals surface area contributed by atoms with Crippen LogP contribution in [0, 0.1) is 0 Å². The summed E-state index contributed by atoms with van der Waals surface area (Å²) in [7, 11) is -1.32. The van der Waals surface area contributed by atoms with Crippen molar-refractivity contribution >= 4 is 9.84 Å². The normalized spacial score (nSPS) is 23.1. The van der Waals surface area contributed by atoms with Crippen LogP contribution in [0.3, 0.4) is 0 Å². The maximum Gasteiger partial charge on any atom is 0.228 e. The van der Waals surface area contributed by atoms with Gasteiger partial charge in [0.25, 0.3) is 0 Å². The highest BCUT2D eigenvalue weighted by Gasteiger charge is 2.25. The first-order valence-corrected chi connectivity index (χ1v) is 7.65. The molecule has 1 aromatic heterocycles. The van der Waals surface area contributed by atoms with Crippen LogP contribution in [0.25, 0.3) is 0 Å². The van der Waals surface area contributed by atoms with Gasteiger partial charge in [0.1, 0.15) is 0 Å². The first-order valence-electron chi connectivity index (χ1n) is 5.83. The van der Waals surface area contributed by atoms with Crippen molar-refractivity contribution in [2.45, 2.75) is 18.9 Å². The van der Waals surface area contributed by atoms with E-state index < -0.39 is 9.84 Å². The molecule has 8 heteroatoms. The molecule has 0 bridgehead atoms. The van der Waals surface area contributed by atoms with Gasteiger partial charge >= 0.3 is 0 Å². The number of nitrogens with one attached hydrogen (secondary N) is 1. The van der Waals surface area contributed by atoms with E-state index in [-0.39, 0.29) is 17.5 Å². The number of sulfone groups is 1. The molecule has 0 spiro atoms. The summed E-state index contributed by atoms with van der Waals surface area (Å²) in [6, 6.07) is -0.139. The predicted molar refractivity (Wildman–Crippen MR) is 64.0 cm³/mol. The van der Waals surface area contributed by atoms with Crippen LogP contribution in [0.2, 0.25) is 0 Å². The Hall–Kier alpha value is -0.990. The zero-order valence-electron chi connectivity index (χ0n) is 10.3. The summed E-state index contributed by atoms with van der Waals surface area (Å²) in [4.78, 5) is 4.20. The topological polar surface area (TPSA) is 94.3 Å². The molecular formula is C10H17N3O4S. The van der Waals surface area contributed by atoms with Crippen molar-refractivity contribution in [1.29, 1.82) is 0 Å². The van der Waals surface area contributed by atoms with Crippen molar-refractivity contribution in [3.05, 3.63) is 11.7 Å². The molecule has 1 fully saturated rings. The second kappa shape index (κ2) is 5.77. The van der Waals surface area contributed by atoms with E-state index in [9.17, 15) is 8.42 Å². The number of aromatic nitrogens is 2. The van der Waals surface area contributed by atoms with Crippen molar-refractivity contribution in [3.63, 3.8) is 0 Å². The zero-order chi connectivity index (χ0) is 13.0. The Balaban J connectivity index is 1.91. The highest BCUT2D eigenvalue weighted by Crippen LogP contribution is 2.08. The molecule has 1 aromatic rings. The third-order valence-corrected chi connectivity index (χ3v) is 4.50. The van der Waals surface area contributed by atoms with Crippen LogP contribution in [0.15, 0.2) is 4.52 Å². The summed E-state index contributed by atoms with van der Waals surface area (Å²) in [6.07, 6.45) is 1.04. The average Bonchev–Trinajstić information content (AvgIpc) is 2.73. The van der Waals surface area contributed by atoms with E-state index >= 15 is 0 Å². The van der Waals surface area contributed by atoms with Gasteiger partial charge in [-0.25, -0.2) is 8.42 Å². The second-order valence-electron chi connectivity index (χ2n) is 4.32. The van der Waals surface area contributed by atoms with Crippen LogP contribution in [-0.4, -0.2) is 56.4 Å². The number of nitrogens with zero attached hydrogens (tertiary/aromatic N) is 2. The Kier molecular flexibility index (Phi) is 4.31. The molecule has 1 N–H and O–H groups in total. The number of methoxy groups -OCH3 is 1. The van der Waals surface area contributed by atoms with Crippen LogP contribution in [0.1, 0.15) is 11.7 Å². The van der Waals surface area contributed by atoms with Crippen molar-refractivity contribution in [2.24, 2.45) is 0 Å². The van der Waals surface area contributed by atoms with Crippen LogP contribution in [0.5, 0.6) is 0 Å². The molecule has 0 saturated carbocycles. The van der Waals surface area contributed by atoms with Crippen LogP contribution < -0.4 is 5.32 Å². The van der Waals surface area contributed by atoms with Crippen LogP contribution in [0.4, 0.5) is 0 Å². The summed E-state index contributed by atoms with van der Waals surface area (Å²) in [5.74, 6) is 1.39. The van der Waals surface area contributed by atoms with Gasteiger partial charge in [0, 0.05) is 32.5 Å². The van der Waals surface area contributed by atoms with E-state index in [2.05, 4.69) is 15.5 Å². The number of rotatable bonds is 5. The Labute approximate surface area is 106 Å². The average molecular weight is 275 g/mol. The number of ether oxygens (including phenoxy) is 1. The molecule has 2 rings (SSSR count). The molecule has 0 amide bonds. The fourth-order valence-corrected chi connectivity index (χ4v) is 3.32.